The molecule has 0 atom stereocenters. The fourth-order valence-electron chi connectivity index (χ4n) is 5.56. The number of hydrogen-bond donors (Lipinski definition) is 2. The lowest BCUT2D eigenvalue weighted by atomic mass is 9.93. The molecule has 0 spiro atoms. The fraction of sp³-hybridized carbons (Fsp3) is 0.556. The summed E-state index contributed by atoms with van der Waals surface area (Å²) in [6.45, 7) is 6.37. The molecular formula is C27H34ClN7O2. The topological polar surface area (TPSA) is 106 Å². The number of nitrogens with zero attached hydrogens (tertiary/aromatic N) is 5. The summed E-state index contributed by atoms with van der Waals surface area (Å²) in [4.78, 5) is 17.7. The standard InChI is InChI=1S/C27H34ClN7O2/c28-24-17-23(4-1-19(24)18-29)37-22-5-2-20(3-6-22)31-27(36)25-7-8-26(33-32-25)35-13-9-21(10-14-35)34-15-11-30-12-16-34/h1,4,7-8,17,20-22,30H,2-3,5-6,9-16H2,(H,31,36). The summed E-state index contributed by atoms with van der Waals surface area (Å²) in [7, 11) is 0. The van der Waals surface area contributed by atoms with E-state index in [1.54, 1.807) is 24.3 Å². The molecule has 1 amide bonds. The van der Waals surface area contributed by atoms with Gasteiger partial charge in [-0.2, -0.15) is 5.26 Å². The maximum atomic E-state index is 12.8. The Morgan fingerprint density at radius 1 is 1.03 bits per heavy atom. The van der Waals surface area contributed by atoms with E-state index in [1.165, 1.54) is 0 Å². The minimum absolute atomic E-state index is 0.0620. The highest BCUT2D eigenvalue weighted by atomic mass is 35.5. The first-order chi connectivity index (χ1) is 18.1. The number of rotatable bonds is 6. The van der Waals surface area contributed by atoms with Crippen LogP contribution in [0.2, 0.25) is 5.02 Å². The van der Waals surface area contributed by atoms with Gasteiger partial charge in [0.1, 0.15) is 11.8 Å². The van der Waals surface area contributed by atoms with Crippen LogP contribution in [0.15, 0.2) is 30.3 Å². The van der Waals surface area contributed by atoms with Crippen LogP contribution in [-0.4, -0.2) is 78.5 Å². The van der Waals surface area contributed by atoms with Crippen LogP contribution >= 0.6 is 11.6 Å². The second-order valence-electron chi connectivity index (χ2n) is 10.1. The number of benzene rings is 1. The lowest BCUT2D eigenvalue weighted by Crippen LogP contribution is -2.52. The van der Waals surface area contributed by atoms with Crippen molar-refractivity contribution in [3.05, 3.63) is 46.6 Å². The van der Waals surface area contributed by atoms with Crippen molar-refractivity contribution < 1.29 is 9.53 Å². The van der Waals surface area contributed by atoms with E-state index in [4.69, 9.17) is 21.6 Å². The van der Waals surface area contributed by atoms with Crippen LogP contribution in [0.5, 0.6) is 5.75 Å². The van der Waals surface area contributed by atoms with Crippen LogP contribution in [0.1, 0.15) is 54.6 Å². The molecule has 1 saturated carbocycles. The zero-order valence-corrected chi connectivity index (χ0v) is 21.8. The average Bonchev–Trinajstić information content (AvgIpc) is 2.95. The summed E-state index contributed by atoms with van der Waals surface area (Å²) in [5.41, 5.74) is 0.789. The number of nitrogens with one attached hydrogen (secondary N) is 2. The van der Waals surface area contributed by atoms with Crippen molar-refractivity contribution in [1.82, 2.24) is 25.7 Å². The van der Waals surface area contributed by atoms with E-state index < -0.39 is 0 Å². The number of hydrogen-bond acceptors (Lipinski definition) is 8. The first kappa shape index (κ1) is 25.7. The third-order valence-electron chi connectivity index (χ3n) is 7.71. The monoisotopic (exact) mass is 523 g/mol. The first-order valence-electron chi connectivity index (χ1n) is 13.3. The summed E-state index contributed by atoms with van der Waals surface area (Å²) in [6.07, 6.45) is 5.64. The Balaban J connectivity index is 1.06. The van der Waals surface area contributed by atoms with Crippen molar-refractivity contribution in [2.24, 2.45) is 0 Å². The molecule has 0 unspecified atom stereocenters. The number of nitriles is 1. The molecule has 3 aliphatic rings. The summed E-state index contributed by atoms with van der Waals surface area (Å²) >= 11 is 6.11. The van der Waals surface area contributed by atoms with Gasteiger partial charge >= 0.3 is 0 Å². The summed E-state index contributed by atoms with van der Waals surface area (Å²) in [5, 5.41) is 24.6. The van der Waals surface area contributed by atoms with E-state index in [1.807, 2.05) is 6.07 Å². The van der Waals surface area contributed by atoms with Gasteiger partial charge in [-0.3, -0.25) is 9.69 Å². The number of aromatic nitrogens is 2. The number of carbonyl (C=O) groups is 1. The van der Waals surface area contributed by atoms with Crippen molar-refractivity contribution >= 4 is 23.3 Å². The number of amides is 1. The van der Waals surface area contributed by atoms with Crippen molar-refractivity contribution in [2.45, 2.75) is 56.7 Å². The molecule has 2 N–H and O–H groups in total. The first-order valence-corrected chi connectivity index (χ1v) is 13.7. The molecular weight excluding hydrogens is 490 g/mol. The summed E-state index contributed by atoms with van der Waals surface area (Å²) < 4.78 is 6.05. The van der Waals surface area contributed by atoms with Crippen LogP contribution in [0.4, 0.5) is 5.82 Å². The van der Waals surface area contributed by atoms with Gasteiger partial charge in [0.05, 0.1) is 16.7 Å². The van der Waals surface area contributed by atoms with Crippen molar-refractivity contribution in [1.29, 1.82) is 5.26 Å². The molecule has 3 heterocycles. The molecule has 2 aliphatic heterocycles. The lowest BCUT2D eigenvalue weighted by molar-refractivity contribution is 0.0888. The predicted molar refractivity (Wildman–Crippen MR) is 142 cm³/mol. The quantitative estimate of drug-likeness (QED) is 0.595. The third-order valence-corrected chi connectivity index (χ3v) is 8.03. The van der Waals surface area contributed by atoms with E-state index >= 15 is 0 Å². The van der Waals surface area contributed by atoms with Gasteiger partial charge in [0.15, 0.2) is 11.5 Å². The number of piperazine rings is 1. The number of anilines is 1. The number of piperidine rings is 1. The Kier molecular flexibility index (Phi) is 8.39. The fourth-order valence-corrected chi connectivity index (χ4v) is 5.77. The highest BCUT2D eigenvalue weighted by molar-refractivity contribution is 6.31. The largest absolute Gasteiger partial charge is 0.490 e. The molecule has 0 radical (unpaired) electrons. The number of ether oxygens (including phenoxy) is 1. The van der Waals surface area contributed by atoms with Gasteiger partial charge in [0, 0.05) is 57.4 Å². The molecule has 5 rings (SSSR count). The second-order valence-corrected chi connectivity index (χ2v) is 10.5. The van der Waals surface area contributed by atoms with Gasteiger partial charge in [-0.15, -0.1) is 10.2 Å². The Labute approximate surface area is 223 Å². The zero-order chi connectivity index (χ0) is 25.6. The van der Waals surface area contributed by atoms with E-state index in [2.05, 4.69) is 36.7 Å². The molecule has 37 heavy (non-hydrogen) atoms. The van der Waals surface area contributed by atoms with Gasteiger partial charge in [0.25, 0.3) is 5.91 Å². The molecule has 10 heteroatoms. The number of carbonyl (C=O) groups excluding carboxylic acids is 1. The highest BCUT2D eigenvalue weighted by Crippen LogP contribution is 2.27. The van der Waals surface area contributed by atoms with E-state index in [0.717, 1.165) is 83.6 Å². The molecule has 3 fully saturated rings. The minimum Gasteiger partial charge on any atom is -0.490 e. The van der Waals surface area contributed by atoms with Gasteiger partial charge < -0.3 is 20.3 Å². The molecule has 1 aromatic carbocycles. The molecule has 196 valence electrons. The van der Waals surface area contributed by atoms with Gasteiger partial charge in [-0.25, -0.2) is 0 Å². The lowest BCUT2D eigenvalue weighted by Gasteiger charge is -2.40. The predicted octanol–water partition coefficient (Wildman–Crippen LogP) is 3.00. The second kappa shape index (κ2) is 12.1. The average molecular weight is 524 g/mol. The molecule has 2 saturated heterocycles. The van der Waals surface area contributed by atoms with Crippen LogP contribution in [-0.2, 0) is 0 Å². The molecule has 0 bridgehead atoms. The maximum absolute atomic E-state index is 12.8. The Hall–Kier alpha value is -2.93. The van der Waals surface area contributed by atoms with Gasteiger partial charge in [0.2, 0.25) is 0 Å². The van der Waals surface area contributed by atoms with Gasteiger partial charge in [-0.05, 0) is 62.8 Å². The van der Waals surface area contributed by atoms with E-state index in [-0.39, 0.29) is 18.1 Å². The zero-order valence-electron chi connectivity index (χ0n) is 21.0. The SMILES string of the molecule is N#Cc1ccc(OC2CCC(NC(=O)c3ccc(N4CCC(N5CCNCC5)CC4)nn3)CC2)cc1Cl. The van der Waals surface area contributed by atoms with Crippen molar-refractivity contribution in [3.63, 3.8) is 0 Å². The summed E-state index contributed by atoms with van der Waals surface area (Å²) in [5.74, 6) is 1.33. The highest BCUT2D eigenvalue weighted by Gasteiger charge is 2.27. The van der Waals surface area contributed by atoms with Crippen LogP contribution in [0.25, 0.3) is 0 Å². The van der Waals surface area contributed by atoms with Crippen LogP contribution < -0.4 is 20.3 Å². The number of halogens is 1. The van der Waals surface area contributed by atoms with E-state index in [9.17, 15) is 4.79 Å². The Bertz CT molecular complexity index is 1100. The maximum Gasteiger partial charge on any atom is 0.272 e. The van der Waals surface area contributed by atoms with Crippen molar-refractivity contribution in [3.8, 4) is 11.8 Å². The third kappa shape index (κ3) is 6.50. The minimum atomic E-state index is -0.181. The Morgan fingerprint density at radius 3 is 2.43 bits per heavy atom. The molecule has 2 aromatic rings. The van der Waals surface area contributed by atoms with Gasteiger partial charge in [-0.1, -0.05) is 11.6 Å². The molecule has 1 aliphatic carbocycles. The summed E-state index contributed by atoms with van der Waals surface area (Å²) in [6, 6.07) is 11.6. The van der Waals surface area contributed by atoms with E-state index in [0.29, 0.717) is 28.1 Å². The smallest absolute Gasteiger partial charge is 0.272 e. The molecule has 1 aromatic heterocycles. The van der Waals surface area contributed by atoms with Crippen molar-refractivity contribution in [2.75, 3.05) is 44.2 Å². The molecule has 9 nitrogen and oxygen atoms in total. The normalized spacial score (nSPS) is 23.3. The Morgan fingerprint density at radius 2 is 1.78 bits per heavy atom. The van der Waals surface area contributed by atoms with Crippen LogP contribution in [0.3, 0.4) is 0 Å². The van der Waals surface area contributed by atoms with Crippen LogP contribution in [0, 0.1) is 11.3 Å².